The van der Waals surface area contributed by atoms with E-state index in [2.05, 4.69) is 39.6 Å². The third-order valence-electron chi connectivity index (χ3n) is 5.00. The minimum absolute atomic E-state index is 0.0833. The summed E-state index contributed by atoms with van der Waals surface area (Å²) in [6, 6.07) is 9.61. The Morgan fingerprint density at radius 3 is 2.93 bits per heavy atom. The molecule has 0 aliphatic carbocycles. The van der Waals surface area contributed by atoms with Gasteiger partial charge in [0.15, 0.2) is 5.82 Å². The summed E-state index contributed by atoms with van der Waals surface area (Å²) in [5.74, 6) is 0.928. The minimum Gasteiger partial charge on any atom is -0.334 e. The second-order valence-corrected chi connectivity index (χ2v) is 7.74. The molecule has 0 bridgehead atoms. The molecule has 1 aliphatic heterocycles. The summed E-state index contributed by atoms with van der Waals surface area (Å²) in [7, 11) is 2.06. The molecule has 2 aromatic heterocycles. The van der Waals surface area contributed by atoms with Crippen LogP contribution in [0.5, 0.6) is 0 Å². The van der Waals surface area contributed by atoms with Crippen LogP contribution in [0.2, 0.25) is 0 Å². The van der Waals surface area contributed by atoms with Crippen LogP contribution in [0.4, 0.5) is 5.00 Å². The molecule has 146 valence electrons. The van der Waals surface area contributed by atoms with Crippen LogP contribution in [0.1, 0.15) is 34.7 Å². The van der Waals surface area contributed by atoms with E-state index in [0.717, 1.165) is 31.6 Å². The van der Waals surface area contributed by atoms with Gasteiger partial charge in [-0.05, 0) is 42.6 Å². The summed E-state index contributed by atoms with van der Waals surface area (Å²) in [5, 5.41) is 13.1. The molecular weight excluding hydrogens is 374 g/mol. The second kappa shape index (κ2) is 8.22. The van der Waals surface area contributed by atoms with E-state index in [0.29, 0.717) is 22.3 Å². The van der Waals surface area contributed by atoms with Gasteiger partial charge >= 0.3 is 0 Å². The number of piperazine rings is 1. The normalized spacial score (nSPS) is 17.6. The van der Waals surface area contributed by atoms with Crippen LogP contribution < -0.4 is 10.6 Å². The smallest absolute Gasteiger partial charge is 0.260 e. The van der Waals surface area contributed by atoms with Crippen molar-refractivity contribution in [1.82, 2.24) is 20.4 Å². The fourth-order valence-corrected chi connectivity index (χ4v) is 3.99. The zero-order valence-electron chi connectivity index (χ0n) is 15.9. The number of benzene rings is 1. The number of rotatable bonds is 5. The number of aromatic nitrogens is 2. The molecule has 4 rings (SSSR count). The van der Waals surface area contributed by atoms with Crippen molar-refractivity contribution in [3.8, 4) is 11.5 Å². The van der Waals surface area contributed by atoms with Gasteiger partial charge in [-0.2, -0.15) is 4.98 Å². The van der Waals surface area contributed by atoms with Crippen molar-refractivity contribution in [3.63, 3.8) is 0 Å². The van der Waals surface area contributed by atoms with Gasteiger partial charge in [-0.25, -0.2) is 0 Å². The molecule has 7 nitrogen and oxygen atoms in total. The van der Waals surface area contributed by atoms with Crippen molar-refractivity contribution in [3.05, 3.63) is 52.7 Å². The molecule has 1 aromatic carbocycles. The SMILES string of the molecule is CCc1ccc(C(=O)Nc2sccc2-c2nc(C3CNCCN3C)no2)cc1. The number of nitrogens with one attached hydrogen (secondary N) is 2. The minimum atomic E-state index is -0.151. The molecule has 1 aliphatic rings. The van der Waals surface area contributed by atoms with Gasteiger partial charge in [0, 0.05) is 25.2 Å². The summed E-state index contributed by atoms with van der Waals surface area (Å²) in [6.45, 7) is 4.77. The summed E-state index contributed by atoms with van der Waals surface area (Å²) in [5.41, 5.74) is 2.57. The van der Waals surface area contributed by atoms with Crippen LogP contribution in [0, 0.1) is 0 Å². The third kappa shape index (κ3) is 3.84. The third-order valence-corrected chi connectivity index (χ3v) is 5.83. The predicted molar refractivity (Wildman–Crippen MR) is 110 cm³/mol. The lowest BCUT2D eigenvalue weighted by molar-refractivity contribution is 0.102. The summed E-state index contributed by atoms with van der Waals surface area (Å²) in [4.78, 5) is 19.4. The standard InChI is InChI=1S/C20H23N5O2S/c1-3-13-4-6-14(7-5-13)18(26)23-20-15(8-11-28-20)19-22-17(24-27-19)16-12-21-9-10-25(16)2/h4-8,11,16,21H,3,9-10,12H2,1-2H3,(H,23,26). The molecule has 1 atom stereocenters. The molecule has 8 heteroatoms. The highest BCUT2D eigenvalue weighted by Crippen LogP contribution is 2.33. The van der Waals surface area contributed by atoms with Gasteiger partial charge < -0.3 is 15.2 Å². The van der Waals surface area contributed by atoms with Gasteiger partial charge in [0.05, 0.1) is 11.6 Å². The number of carbonyl (C=O) groups is 1. The largest absolute Gasteiger partial charge is 0.334 e. The number of likely N-dealkylation sites (N-methyl/N-ethyl adjacent to an activating group) is 1. The van der Waals surface area contributed by atoms with Gasteiger partial charge in [-0.15, -0.1) is 11.3 Å². The van der Waals surface area contributed by atoms with Crippen molar-refractivity contribution < 1.29 is 9.32 Å². The maximum atomic E-state index is 12.6. The van der Waals surface area contributed by atoms with Gasteiger partial charge in [-0.3, -0.25) is 9.69 Å². The molecule has 28 heavy (non-hydrogen) atoms. The predicted octanol–water partition coefficient (Wildman–Crippen LogP) is 3.19. The highest BCUT2D eigenvalue weighted by molar-refractivity contribution is 7.15. The maximum Gasteiger partial charge on any atom is 0.260 e. The molecule has 3 heterocycles. The Hall–Kier alpha value is -2.55. The first-order chi connectivity index (χ1) is 13.7. The van der Waals surface area contributed by atoms with Crippen LogP contribution in [0.3, 0.4) is 0 Å². The zero-order valence-corrected chi connectivity index (χ0v) is 16.8. The van der Waals surface area contributed by atoms with Crippen molar-refractivity contribution in [2.24, 2.45) is 0 Å². The summed E-state index contributed by atoms with van der Waals surface area (Å²) >= 11 is 1.44. The number of hydrogen-bond acceptors (Lipinski definition) is 7. The van der Waals surface area contributed by atoms with E-state index >= 15 is 0 Å². The highest BCUT2D eigenvalue weighted by Gasteiger charge is 2.26. The Balaban J connectivity index is 1.52. The fourth-order valence-electron chi connectivity index (χ4n) is 3.22. The molecule has 1 saturated heterocycles. The zero-order chi connectivity index (χ0) is 19.5. The lowest BCUT2D eigenvalue weighted by atomic mass is 10.1. The van der Waals surface area contributed by atoms with Crippen molar-refractivity contribution >= 4 is 22.2 Å². The van der Waals surface area contributed by atoms with Gasteiger partial charge in [0.2, 0.25) is 0 Å². The number of aryl methyl sites for hydroxylation is 1. The number of thiophene rings is 1. The Labute approximate surface area is 167 Å². The van der Waals surface area contributed by atoms with Crippen LogP contribution in [0.25, 0.3) is 11.5 Å². The van der Waals surface area contributed by atoms with Crippen molar-refractivity contribution in [2.75, 3.05) is 32.0 Å². The fraction of sp³-hybridized carbons (Fsp3) is 0.350. The number of amides is 1. The first-order valence-electron chi connectivity index (χ1n) is 9.38. The van der Waals surface area contributed by atoms with E-state index in [1.165, 1.54) is 16.9 Å². The average Bonchev–Trinajstić information content (AvgIpc) is 3.37. The van der Waals surface area contributed by atoms with E-state index < -0.39 is 0 Å². The molecule has 0 saturated carbocycles. The maximum absolute atomic E-state index is 12.6. The first-order valence-corrected chi connectivity index (χ1v) is 10.3. The van der Waals surface area contributed by atoms with Gasteiger partial charge in [0.1, 0.15) is 5.00 Å². The van der Waals surface area contributed by atoms with E-state index in [4.69, 9.17) is 4.52 Å². The van der Waals surface area contributed by atoms with Crippen molar-refractivity contribution in [2.45, 2.75) is 19.4 Å². The first kappa shape index (κ1) is 18.8. The Kier molecular flexibility index (Phi) is 5.52. The van der Waals surface area contributed by atoms with E-state index in [9.17, 15) is 4.79 Å². The summed E-state index contributed by atoms with van der Waals surface area (Å²) < 4.78 is 5.51. The molecule has 1 amide bonds. The topological polar surface area (TPSA) is 83.3 Å². The van der Waals surface area contributed by atoms with Crippen LogP contribution in [0.15, 0.2) is 40.2 Å². The van der Waals surface area contributed by atoms with Gasteiger partial charge in [-0.1, -0.05) is 24.2 Å². The van der Waals surface area contributed by atoms with E-state index in [1.54, 1.807) is 0 Å². The molecular formula is C20H23N5O2S. The number of hydrogen-bond donors (Lipinski definition) is 2. The number of carbonyl (C=O) groups excluding carboxylic acids is 1. The molecule has 0 spiro atoms. The van der Waals surface area contributed by atoms with Crippen molar-refractivity contribution in [1.29, 1.82) is 0 Å². The van der Waals surface area contributed by atoms with Gasteiger partial charge in [0.25, 0.3) is 11.8 Å². The lowest BCUT2D eigenvalue weighted by Gasteiger charge is -2.30. The number of anilines is 1. The molecule has 3 aromatic rings. The molecule has 2 N–H and O–H groups in total. The average molecular weight is 398 g/mol. The highest BCUT2D eigenvalue weighted by atomic mass is 32.1. The van der Waals surface area contributed by atoms with E-state index in [1.807, 2.05) is 35.7 Å². The summed E-state index contributed by atoms with van der Waals surface area (Å²) in [6.07, 6.45) is 0.947. The number of nitrogens with zero attached hydrogens (tertiary/aromatic N) is 3. The second-order valence-electron chi connectivity index (χ2n) is 6.83. The van der Waals surface area contributed by atoms with Crippen LogP contribution in [-0.4, -0.2) is 47.6 Å². The van der Waals surface area contributed by atoms with E-state index in [-0.39, 0.29) is 11.9 Å². The monoisotopic (exact) mass is 397 g/mol. The van der Waals surface area contributed by atoms with Crippen LogP contribution in [-0.2, 0) is 6.42 Å². The molecule has 0 radical (unpaired) electrons. The Morgan fingerprint density at radius 1 is 1.36 bits per heavy atom. The Bertz CT molecular complexity index is 950. The molecule has 1 fully saturated rings. The van der Waals surface area contributed by atoms with Crippen LogP contribution >= 0.6 is 11.3 Å². The molecule has 1 unspecified atom stereocenters. The quantitative estimate of drug-likeness (QED) is 0.688. The lowest BCUT2D eigenvalue weighted by Crippen LogP contribution is -2.44. The Morgan fingerprint density at radius 2 is 2.18 bits per heavy atom.